The van der Waals surface area contributed by atoms with Crippen molar-refractivity contribution < 1.29 is 4.79 Å². The number of amides is 1. The molecule has 27 heavy (non-hydrogen) atoms. The van der Waals surface area contributed by atoms with Gasteiger partial charge in [-0.05, 0) is 44.2 Å². The van der Waals surface area contributed by atoms with E-state index < -0.39 is 0 Å². The van der Waals surface area contributed by atoms with Crippen LogP contribution >= 0.6 is 11.6 Å². The van der Waals surface area contributed by atoms with Gasteiger partial charge in [0.1, 0.15) is 0 Å². The number of rotatable bonds is 2. The molecule has 0 radical (unpaired) electrons. The predicted molar refractivity (Wildman–Crippen MR) is 108 cm³/mol. The van der Waals surface area contributed by atoms with E-state index in [-0.39, 0.29) is 5.91 Å². The van der Waals surface area contributed by atoms with Gasteiger partial charge in [-0.25, -0.2) is 4.98 Å². The molecule has 0 N–H and O–H groups in total. The van der Waals surface area contributed by atoms with Gasteiger partial charge in [-0.1, -0.05) is 11.6 Å². The Hall–Kier alpha value is -2.60. The lowest BCUT2D eigenvalue weighted by atomic mass is 10.1. The highest BCUT2D eigenvalue weighted by atomic mass is 35.5. The quantitative estimate of drug-likeness (QED) is 0.682. The molecule has 0 saturated carbocycles. The third-order valence-corrected chi connectivity index (χ3v) is 5.34. The van der Waals surface area contributed by atoms with Crippen molar-refractivity contribution >= 4 is 34.2 Å². The molecule has 1 fully saturated rings. The highest BCUT2D eigenvalue weighted by molar-refractivity contribution is 6.30. The number of pyridine rings is 1. The van der Waals surface area contributed by atoms with E-state index in [2.05, 4.69) is 15.0 Å². The number of carbonyl (C=O) groups is 1. The van der Waals surface area contributed by atoms with Crippen molar-refractivity contribution in [3.05, 3.63) is 52.3 Å². The van der Waals surface area contributed by atoms with E-state index >= 15 is 0 Å². The molecule has 7 heteroatoms. The monoisotopic (exact) mass is 383 g/mol. The molecule has 1 aliphatic heterocycles. The lowest BCUT2D eigenvalue weighted by molar-refractivity contribution is 0.0748. The van der Waals surface area contributed by atoms with E-state index in [4.69, 9.17) is 11.6 Å². The SMILES string of the molecule is Cc1cc(C(=O)N2CCN(c3ccc(Cl)cc3)CC2)c2c(C)nn(C)c2n1. The summed E-state index contributed by atoms with van der Waals surface area (Å²) in [4.78, 5) is 22.0. The van der Waals surface area contributed by atoms with Crippen LogP contribution < -0.4 is 4.90 Å². The van der Waals surface area contributed by atoms with E-state index in [1.165, 1.54) is 0 Å². The van der Waals surface area contributed by atoms with Crippen molar-refractivity contribution in [2.75, 3.05) is 31.1 Å². The first-order valence-electron chi connectivity index (χ1n) is 9.05. The van der Waals surface area contributed by atoms with Crippen LogP contribution in [-0.2, 0) is 7.05 Å². The van der Waals surface area contributed by atoms with Gasteiger partial charge in [0.05, 0.1) is 16.6 Å². The zero-order valence-corrected chi connectivity index (χ0v) is 16.5. The first-order chi connectivity index (χ1) is 12.9. The molecule has 0 bridgehead atoms. The fourth-order valence-corrected chi connectivity index (χ4v) is 3.85. The van der Waals surface area contributed by atoms with Crippen LogP contribution in [0.2, 0.25) is 5.02 Å². The Morgan fingerprint density at radius 2 is 1.74 bits per heavy atom. The van der Waals surface area contributed by atoms with E-state index in [0.29, 0.717) is 18.7 Å². The molecule has 1 aliphatic rings. The minimum absolute atomic E-state index is 0.0531. The molecule has 1 amide bonds. The number of hydrogen-bond acceptors (Lipinski definition) is 4. The van der Waals surface area contributed by atoms with Crippen LogP contribution in [0.15, 0.2) is 30.3 Å². The first-order valence-corrected chi connectivity index (χ1v) is 9.42. The standard InChI is InChI=1S/C20H22ClN5O/c1-13-12-17(18-14(2)23-24(3)19(18)22-13)20(27)26-10-8-25(9-11-26)16-6-4-15(21)5-7-16/h4-7,12H,8-11H2,1-3H3. The summed E-state index contributed by atoms with van der Waals surface area (Å²) in [6.07, 6.45) is 0. The molecule has 0 aliphatic carbocycles. The molecule has 1 aromatic carbocycles. The maximum absolute atomic E-state index is 13.2. The summed E-state index contributed by atoms with van der Waals surface area (Å²) in [6.45, 7) is 6.80. The lowest BCUT2D eigenvalue weighted by Crippen LogP contribution is -2.48. The summed E-state index contributed by atoms with van der Waals surface area (Å²) >= 11 is 5.97. The number of anilines is 1. The van der Waals surface area contributed by atoms with Crippen LogP contribution in [0.25, 0.3) is 11.0 Å². The zero-order valence-electron chi connectivity index (χ0n) is 15.7. The van der Waals surface area contributed by atoms with Gasteiger partial charge in [-0.15, -0.1) is 0 Å². The van der Waals surface area contributed by atoms with Gasteiger partial charge in [-0.3, -0.25) is 9.48 Å². The van der Waals surface area contributed by atoms with Crippen LogP contribution in [0.1, 0.15) is 21.7 Å². The lowest BCUT2D eigenvalue weighted by Gasteiger charge is -2.36. The van der Waals surface area contributed by atoms with Crippen LogP contribution in [0.4, 0.5) is 5.69 Å². The Kier molecular flexibility index (Phi) is 4.52. The minimum Gasteiger partial charge on any atom is -0.368 e. The molecule has 6 nitrogen and oxygen atoms in total. The number of benzene rings is 1. The zero-order chi connectivity index (χ0) is 19.1. The molecule has 2 aromatic heterocycles. The van der Waals surface area contributed by atoms with E-state index in [1.54, 1.807) is 4.68 Å². The smallest absolute Gasteiger partial charge is 0.254 e. The highest BCUT2D eigenvalue weighted by Crippen LogP contribution is 2.24. The van der Waals surface area contributed by atoms with Gasteiger partial charge in [0.2, 0.25) is 0 Å². The fourth-order valence-electron chi connectivity index (χ4n) is 3.73. The normalized spacial score (nSPS) is 14.8. The fraction of sp³-hybridized carbons (Fsp3) is 0.350. The Bertz CT molecular complexity index is 1000. The van der Waals surface area contributed by atoms with Gasteiger partial charge in [0.15, 0.2) is 5.65 Å². The number of aromatic nitrogens is 3. The van der Waals surface area contributed by atoms with Crippen LogP contribution in [0.5, 0.6) is 0 Å². The van der Waals surface area contributed by atoms with Crippen molar-refractivity contribution in [1.29, 1.82) is 0 Å². The summed E-state index contributed by atoms with van der Waals surface area (Å²) in [5.41, 5.74) is 4.26. The van der Waals surface area contributed by atoms with Crippen molar-refractivity contribution in [3.8, 4) is 0 Å². The van der Waals surface area contributed by atoms with Crippen LogP contribution in [-0.4, -0.2) is 51.8 Å². The second-order valence-corrected chi connectivity index (χ2v) is 7.41. The Labute approximate surface area is 163 Å². The highest BCUT2D eigenvalue weighted by Gasteiger charge is 2.25. The van der Waals surface area contributed by atoms with Gasteiger partial charge >= 0.3 is 0 Å². The van der Waals surface area contributed by atoms with Crippen molar-refractivity contribution in [1.82, 2.24) is 19.7 Å². The average Bonchev–Trinajstić information content (AvgIpc) is 2.95. The number of hydrogen-bond donors (Lipinski definition) is 0. The number of nitrogens with zero attached hydrogens (tertiary/aromatic N) is 5. The molecule has 1 saturated heterocycles. The molecule has 4 rings (SSSR count). The Morgan fingerprint density at radius 1 is 1.07 bits per heavy atom. The third kappa shape index (κ3) is 3.25. The van der Waals surface area contributed by atoms with Gasteiger partial charge < -0.3 is 9.80 Å². The summed E-state index contributed by atoms with van der Waals surface area (Å²) in [5.74, 6) is 0.0531. The van der Waals surface area contributed by atoms with Crippen molar-refractivity contribution in [3.63, 3.8) is 0 Å². The molecule has 0 spiro atoms. The van der Waals surface area contributed by atoms with Crippen LogP contribution in [0.3, 0.4) is 0 Å². The maximum Gasteiger partial charge on any atom is 0.254 e. The molecular weight excluding hydrogens is 362 g/mol. The largest absolute Gasteiger partial charge is 0.368 e. The molecule has 0 unspecified atom stereocenters. The number of fused-ring (bicyclic) bond motifs is 1. The predicted octanol–water partition coefficient (Wildman–Crippen LogP) is 3.20. The molecular formula is C20H22ClN5O. The molecule has 0 atom stereocenters. The summed E-state index contributed by atoms with van der Waals surface area (Å²) in [5, 5.41) is 6.03. The molecule has 140 valence electrons. The maximum atomic E-state index is 13.2. The third-order valence-electron chi connectivity index (χ3n) is 5.09. The average molecular weight is 384 g/mol. The van der Waals surface area contributed by atoms with Gasteiger partial charge in [0, 0.05) is 49.6 Å². The first kappa shape index (κ1) is 17.8. The summed E-state index contributed by atoms with van der Waals surface area (Å²) in [7, 11) is 1.86. The number of aryl methyl sites for hydroxylation is 3. The van der Waals surface area contributed by atoms with Gasteiger partial charge in [0.25, 0.3) is 5.91 Å². The van der Waals surface area contributed by atoms with Gasteiger partial charge in [-0.2, -0.15) is 5.10 Å². The molecule has 3 aromatic rings. The van der Waals surface area contributed by atoms with Crippen LogP contribution in [0, 0.1) is 13.8 Å². The number of piperazine rings is 1. The summed E-state index contributed by atoms with van der Waals surface area (Å²) in [6, 6.07) is 9.72. The Balaban J connectivity index is 1.56. The summed E-state index contributed by atoms with van der Waals surface area (Å²) < 4.78 is 1.74. The second-order valence-electron chi connectivity index (χ2n) is 6.97. The van der Waals surface area contributed by atoms with E-state index in [9.17, 15) is 4.79 Å². The van der Waals surface area contributed by atoms with Crippen molar-refractivity contribution in [2.45, 2.75) is 13.8 Å². The second kappa shape index (κ2) is 6.85. The van der Waals surface area contributed by atoms with E-state index in [0.717, 1.165) is 46.2 Å². The van der Waals surface area contributed by atoms with Crippen molar-refractivity contribution in [2.24, 2.45) is 7.05 Å². The Morgan fingerprint density at radius 3 is 2.41 bits per heavy atom. The topological polar surface area (TPSA) is 54.3 Å². The number of carbonyl (C=O) groups excluding carboxylic acids is 1. The number of halogens is 1. The molecule has 3 heterocycles. The van der Waals surface area contributed by atoms with E-state index in [1.807, 2.05) is 56.1 Å². The minimum atomic E-state index is 0.0531.